The standard InChI is InChI=1S/C21H34N2O3/c1-4-5-6-7-8-9-13-16-18(22)23-19(24)26-20(2,3)21(23,25)17-14-11-10-12-15-17/h10-12,14-15,18,25H,4-9,13,16,22H2,1-3H3. The second kappa shape index (κ2) is 8.87. The molecule has 1 heterocycles. The van der Waals surface area contributed by atoms with Crippen LogP contribution in [-0.4, -0.2) is 27.9 Å². The highest BCUT2D eigenvalue weighted by Gasteiger charge is 2.62. The predicted molar refractivity (Wildman–Crippen MR) is 103 cm³/mol. The lowest BCUT2D eigenvalue weighted by Crippen LogP contribution is -2.58. The molecule has 2 rings (SSSR count). The van der Waals surface area contributed by atoms with Gasteiger partial charge in [-0.3, -0.25) is 4.90 Å². The Morgan fingerprint density at radius 2 is 1.65 bits per heavy atom. The molecule has 0 aromatic heterocycles. The first-order chi connectivity index (χ1) is 12.3. The van der Waals surface area contributed by atoms with Crippen LogP contribution < -0.4 is 5.73 Å². The van der Waals surface area contributed by atoms with Gasteiger partial charge in [0.25, 0.3) is 0 Å². The number of amides is 1. The Bertz CT molecular complexity index is 576. The zero-order valence-electron chi connectivity index (χ0n) is 16.4. The van der Waals surface area contributed by atoms with Crippen molar-refractivity contribution in [1.29, 1.82) is 0 Å². The number of benzene rings is 1. The molecular formula is C21H34N2O3. The van der Waals surface area contributed by atoms with E-state index in [1.807, 2.05) is 18.2 Å². The van der Waals surface area contributed by atoms with Crippen molar-refractivity contribution in [2.45, 2.75) is 89.6 Å². The summed E-state index contributed by atoms with van der Waals surface area (Å²) in [4.78, 5) is 13.8. The van der Waals surface area contributed by atoms with E-state index in [-0.39, 0.29) is 0 Å². The van der Waals surface area contributed by atoms with Gasteiger partial charge in [-0.2, -0.15) is 0 Å². The minimum Gasteiger partial charge on any atom is -0.438 e. The molecule has 1 aromatic rings. The molecule has 146 valence electrons. The highest BCUT2D eigenvalue weighted by atomic mass is 16.6. The summed E-state index contributed by atoms with van der Waals surface area (Å²) >= 11 is 0. The number of hydrogen-bond donors (Lipinski definition) is 2. The third-order valence-electron chi connectivity index (χ3n) is 5.34. The molecule has 1 amide bonds. The first kappa shape index (κ1) is 20.7. The van der Waals surface area contributed by atoms with Crippen molar-refractivity contribution in [3.63, 3.8) is 0 Å². The van der Waals surface area contributed by atoms with E-state index in [4.69, 9.17) is 10.5 Å². The van der Waals surface area contributed by atoms with Crippen molar-refractivity contribution in [1.82, 2.24) is 4.90 Å². The number of nitrogens with two attached hydrogens (primary N) is 1. The molecule has 1 aliphatic rings. The maximum atomic E-state index is 12.5. The number of ether oxygens (including phenoxy) is 1. The molecule has 1 aliphatic heterocycles. The van der Waals surface area contributed by atoms with E-state index in [1.165, 1.54) is 37.0 Å². The molecule has 0 radical (unpaired) electrons. The lowest BCUT2D eigenvalue weighted by molar-refractivity contribution is -0.159. The van der Waals surface area contributed by atoms with Gasteiger partial charge < -0.3 is 15.6 Å². The normalized spacial score (nSPS) is 23.1. The van der Waals surface area contributed by atoms with Crippen LogP contribution in [-0.2, 0) is 10.5 Å². The molecule has 2 unspecified atom stereocenters. The molecule has 1 fully saturated rings. The van der Waals surface area contributed by atoms with Gasteiger partial charge in [0.2, 0.25) is 5.72 Å². The van der Waals surface area contributed by atoms with Crippen LogP contribution in [0.4, 0.5) is 4.79 Å². The van der Waals surface area contributed by atoms with E-state index in [9.17, 15) is 9.90 Å². The van der Waals surface area contributed by atoms with Crippen LogP contribution in [0.5, 0.6) is 0 Å². The summed E-state index contributed by atoms with van der Waals surface area (Å²) < 4.78 is 5.48. The van der Waals surface area contributed by atoms with Crippen LogP contribution in [0.3, 0.4) is 0 Å². The van der Waals surface area contributed by atoms with Gasteiger partial charge in [-0.05, 0) is 20.3 Å². The fourth-order valence-corrected chi connectivity index (χ4v) is 3.73. The summed E-state index contributed by atoms with van der Waals surface area (Å²) in [5, 5.41) is 11.5. The molecule has 0 saturated carbocycles. The number of unbranched alkanes of at least 4 members (excludes halogenated alkanes) is 6. The van der Waals surface area contributed by atoms with E-state index >= 15 is 0 Å². The summed E-state index contributed by atoms with van der Waals surface area (Å²) in [5.41, 5.74) is 4.29. The number of hydrogen-bond acceptors (Lipinski definition) is 4. The van der Waals surface area contributed by atoms with Crippen LogP contribution in [0.15, 0.2) is 30.3 Å². The van der Waals surface area contributed by atoms with Crippen molar-refractivity contribution in [3.8, 4) is 0 Å². The lowest BCUT2D eigenvalue weighted by Gasteiger charge is -2.41. The molecule has 5 nitrogen and oxygen atoms in total. The van der Waals surface area contributed by atoms with E-state index < -0.39 is 23.6 Å². The van der Waals surface area contributed by atoms with Crippen molar-refractivity contribution in [2.24, 2.45) is 5.73 Å². The molecule has 0 bridgehead atoms. The Hall–Kier alpha value is -1.59. The monoisotopic (exact) mass is 362 g/mol. The topological polar surface area (TPSA) is 75.8 Å². The third-order valence-corrected chi connectivity index (χ3v) is 5.34. The Morgan fingerprint density at radius 1 is 1.08 bits per heavy atom. The van der Waals surface area contributed by atoms with Gasteiger partial charge in [0, 0.05) is 5.56 Å². The number of nitrogens with zero attached hydrogens (tertiary/aromatic N) is 1. The minimum atomic E-state index is -1.58. The van der Waals surface area contributed by atoms with Crippen molar-refractivity contribution in [3.05, 3.63) is 35.9 Å². The fraction of sp³-hybridized carbons (Fsp3) is 0.667. The Balaban J connectivity index is 2.02. The van der Waals surface area contributed by atoms with Gasteiger partial charge >= 0.3 is 6.09 Å². The number of aliphatic hydroxyl groups is 1. The lowest BCUT2D eigenvalue weighted by atomic mass is 9.86. The van der Waals surface area contributed by atoms with E-state index in [0.717, 1.165) is 12.8 Å². The number of carbonyl (C=O) groups excluding carboxylic acids is 1. The Labute approximate surface area is 157 Å². The van der Waals surface area contributed by atoms with Gasteiger partial charge in [-0.25, -0.2) is 4.79 Å². The summed E-state index contributed by atoms with van der Waals surface area (Å²) in [6, 6.07) is 9.16. The maximum absolute atomic E-state index is 12.5. The average Bonchev–Trinajstić information content (AvgIpc) is 2.79. The number of cyclic esters (lactones) is 1. The molecule has 1 aromatic carbocycles. The average molecular weight is 363 g/mol. The minimum absolute atomic E-state index is 0.559. The van der Waals surface area contributed by atoms with Gasteiger partial charge in [0.1, 0.15) is 0 Å². The first-order valence-electron chi connectivity index (χ1n) is 9.90. The van der Waals surface area contributed by atoms with Crippen LogP contribution in [0.1, 0.15) is 77.7 Å². The van der Waals surface area contributed by atoms with Crippen LogP contribution >= 0.6 is 0 Å². The molecule has 26 heavy (non-hydrogen) atoms. The fourth-order valence-electron chi connectivity index (χ4n) is 3.73. The van der Waals surface area contributed by atoms with E-state index in [0.29, 0.717) is 12.0 Å². The van der Waals surface area contributed by atoms with Gasteiger partial charge in [-0.1, -0.05) is 82.2 Å². The summed E-state index contributed by atoms with van der Waals surface area (Å²) in [6.45, 7) is 5.65. The van der Waals surface area contributed by atoms with Gasteiger partial charge in [-0.15, -0.1) is 0 Å². The molecule has 2 atom stereocenters. The summed E-state index contributed by atoms with van der Waals surface area (Å²) in [7, 11) is 0. The molecule has 0 aliphatic carbocycles. The second-order valence-electron chi connectivity index (χ2n) is 7.76. The zero-order valence-corrected chi connectivity index (χ0v) is 16.4. The molecule has 1 saturated heterocycles. The van der Waals surface area contributed by atoms with Crippen LogP contribution in [0.25, 0.3) is 0 Å². The summed E-state index contributed by atoms with van der Waals surface area (Å²) in [5.74, 6) is 0. The zero-order chi connectivity index (χ0) is 19.2. The van der Waals surface area contributed by atoms with Crippen molar-refractivity contribution in [2.75, 3.05) is 0 Å². The largest absolute Gasteiger partial charge is 0.438 e. The quantitative estimate of drug-likeness (QED) is 0.601. The van der Waals surface area contributed by atoms with Gasteiger partial charge in [0.15, 0.2) is 5.60 Å². The van der Waals surface area contributed by atoms with Crippen molar-refractivity contribution < 1.29 is 14.6 Å². The highest BCUT2D eigenvalue weighted by Crippen LogP contribution is 2.45. The highest BCUT2D eigenvalue weighted by molar-refractivity contribution is 5.73. The first-order valence-corrected chi connectivity index (χ1v) is 9.90. The predicted octanol–water partition coefficient (Wildman–Crippen LogP) is 4.49. The van der Waals surface area contributed by atoms with Crippen LogP contribution in [0, 0.1) is 0 Å². The van der Waals surface area contributed by atoms with E-state index in [2.05, 4.69) is 6.92 Å². The Morgan fingerprint density at radius 3 is 2.27 bits per heavy atom. The molecule has 0 spiro atoms. The molecular weight excluding hydrogens is 328 g/mol. The second-order valence-corrected chi connectivity index (χ2v) is 7.76. The SMILES string of the molecule is CCCCCCCCCC(N)N1C(=O)OC(C)(C)C1(O)c1ccccc1. The Kier molecular flexibility index (Phi) is 7.07. The van der Waals surface area contributed by atoms with E-state index in [1.54, 1.807) is 26.0 Å². The smallest absolute Gasteiger partial charge is 0.414 e. The maximum Gasteiger partial charge on any atom is 0.414 e. The molecule has 3 N–H and O–H groups in total. The summed E-state index contributed by atoms with van der Waals surface area (Å²) in [6.07, 6.45) is 7.78. The number of rotatable bonds is 10. The third kappa shape index (κ3) is 4.21. The van der Waals surface area contributed by atoms with Crippen molar-refractivity contribution >= 4 is 6.09 Å². The van der Waals surface area contributed by atoms with Crippen LogP contribution in [0.2, 0.25) is 0 Å². The number of carbonyl (C=O) groups is 1. The molecule has 5 heteroatoms. The van der Waals surface area contributed by atoms with Gasteiger partial charge in [0.05, 0.1) is 6.17 Å².